The molecule has 0 N–H and O–H groups in total. The molecule has 0 saturated carbocycles. The Morgan fingerprint density at radius 2 is 1.75 bits per heavy atom. The highest BCUT2D eigenvalue weighted by Gasteiger charge is 2.44. The Kier molecular flexibility index (Phi) is 7.37. The van der Waals surface area contributed by atoms with Crippen molar-refractivity contribution in [1.82, 2.24) is 4.40 Å². The van der Waals surface area contributed by atoms with Crippen molar-refractivity contribution in [3.63, 3.8) is 0 Å². The molecular weight excluding hydrogens is 364 g/mol. The molecule has 2 rings (SSSR count). The summed E-state index contributed by atoms with van der Waals surface area (Å²) in [5.74, 6) is 6.54. The zero-order chi connectivity index (χ0) is 20.9. The smallest absolute Gasteiger partial charge is 0.201 e. The Hall–Kier alpha value is -2.19. The maximum absolute atomic E-state index is 8.82. The minimum absolute atomic E-state index is 0.273. The lowest BCUT2D eigenvalue weighted by molar-refractivity contribution is 0.322. The molecule has 2 aromatic heterocycles. The van der Waals surface area contributed by atoms with Crippen LogP contribution < -0.4 is 0 Å². The summed E-state index contributed by atoms with van der Waals surface area (Å²) >= 11 is 0. The van der Waals surface area contributed by atoms with E-state index in [1.54, 1.807) is 0 Å². The van der Waals surface area contributed by atoms with Crippen molar-refractivity contribution in [2.75, 3.05) is 6.61 Å². The van der Waals surface area contributed by atoms with Gasteiger partial charge in [0.1, 0.15) is 5.69 Å². The van der Waals surface area contributed by atoms with Crippen LogP contribution in [0, 0.1) is 11.8 Å². The number of azide groups is 1. The van der Waals surface area contributed by atoms with E-state index in [0.717, 1.165) is 16.8 Å². The van der Waals surface area contributed by atoms with Gasteiger partial charge in [0.15, 0.2) is 0 Å². The molecule has 6 heteroatoms. The van der Waals surface area contributed by atoms with Crippen LogP contribution in [0.25, 0.3) is 16.0 Å². The van der Waals surface area contributed by atoms with E-state index in [-0.39, 0.29) is 6.04 Å². The van der Waals surface area contributed by atoms with Crippen LogP contribution in [-0.4, -0.2) is 19.3 Å². The fourth-order valence-corrected chi connectivity index (χ4v) is 9.84. The lowest BCUT2D eigenvalue weighted by Gasteiger charge is -2.41. The van der Waals surface area contributed by atoms with E-state index in [2.05, 4.69) is 63.4 Å². The van der Waals surface area contributed by atoms with Crippen LogP contribution in [0.5, 0.6) is 0 Å². The molecule has 5 nitrogen and oxygen atoms in total. The molecule has 0 fully saturated rings. The van der Waals surface area contributed by atoms with Gasteiger partial charge in [-0.2, -0.15) is 0 Å². The SMILES string of the molecule is CC(N=[N+]=[N-])c1cc2ccccn2c1C#CCO[Si](C(C)C)(C(C)C)C(C)C. The first-order valence-electron chi connectivity index (χ1n) is 10.0. The van der Waals surface area contributed by atoms with Crippen molar-refractivity contribution in [1.29, 1.82) is 0 Å². The van der Waals surface area contributed by atoms with Gasteiger partial charge in [-0.1, -0.05) is 65.6 Å². The predicted molar refractivity (Wildman–Crippen MR) is 119 cm³/mol. The fraction of sp³-hybridized carbons (Fsp3) is 0.545. The molecule has 150 valence electrons. The molecule has 1 atom stereocenters. The van der Waals surface area contributed by atoms with Gasteiger partial charge < -0.3 is 8.83 Å². The Balaban J connectivity index is 2.37. The minimum Gasteiger partial charge on any atom is -0.405 e. The van der Waals surface area contributed by atoms with Crippen molar-refractivity contribution in [2.45, 2.75) is 71.1 Å². The second-order valence-corrected chi connectivity index (χ2v) is 13.7. The van der Waals surface area contributed by atoms with E-state index >= 15 is 0 Å². The molecule has 0 aliphatic heterocycles. The number of nitrogens with zero attached hydrogens (tertiary/aromatic N) is 4. The Morgan fingerprint density at radius 3 is 2.32 bits per heavy atom. The summed E-state index contributed by atoms with van der Waals surface area (Å²) < 4.78 is 8.59. The van der Waals surface area contributed by atoms with Gasteiger partial charge in [0, 0.05) is 16.6 Å². The van der Waals surface area contributed by atoms with Crippen LogP contribution in [0.3, 0.4) is 0 Å². The summed E-state index contributed by atoms with van der Waals surface area (Å²) in [5.41, 5.74) is 13.3. The lowest BCUT2D eigenvalue weighted by atomic mass is 10.1. The molecule has 0 saturated heterocycles. The van der Waals surface area contributed by atoms with Crippen LogP contribution in [0.1, 0.15) is 65.8 Å². The molecule has 1 unspecified atom stereocenters. The number of rotatable bonds is 7. The number of hydrogen-bond acceptors (Lipinski definition) is 2. The second-order valence-electron chi connectivity index (χ2n) is 8.23. The topological polar surface area (TPSA) is 62.4 Å². The van der Waals surface area contributed by atoms with Crippen molar-refractivity contribution >= 4 is 13.8 Å². The minimum atomic E-state index is -1.93. The molecule has 0 bridgehead atoms. The third kappa shape index (κ3) is 4.28. The van der Waals surface area contributed by atoms with E-state index in [0.29, 0.717) is 23.2 Å². The van der Waals surface area contributed by atoms with Crippen LogP contribution in [0.4, 0.5) is 0 Å². The number of aromatic nitrogens is 1. The molecule has 2 aromatic rings. The number of hydrogen-bond donors (Lipinski definition) is 0. The molecule has 0 amide bonds. The second kappa shape index (κ2) is 9.34. The van der Waals surface area contributed by atoms with Gasteiger partial charge in [0.2, 0.25) is 8.32 Å². The average Bonchev–Trinajstić information content (AvgIpc) is 3.00. The van der Waals surface area contributed by atoms with Crippen LogP contribution in [0.2, 0.25) is 16.6 Å². The maximum Gasteiger partial charge on any atom is 0.201 e. The highest BCUT2D eigenvalue weighted by atomic mass is 28.4. The Morgan fingerprint density at radius 1 is 1.11 bits per heavy atom. The fourth-order valence-electron chi connectivity index (χ4n) is 4.52. The molecular formula is C22H32N4OSi. The number of pyridine rings is 1. The van der Waals surface area contributed by atoms with Crippen LogP contribution >= 0.6 is 0 Å². The Bertz CT molecular complexity index is 892. The molecule has 0 aromatic carbocycles. The van der Waals surface area contributed by atoms with Gasteiger partial charge in [-0.3, -0.25) is 0 Å². The van der Waals surface area contributed by atoms with Crippen molar-refractivity contribution in [3.8, 4) is 11.8 Å². The first-order chi connectivity index (χ1) is 13.3. The highest BCUT2D eigenvalue weighted by molar-refractivity contribution is 6.77. The summed E-state index contributed by atoms with van der Waals surface area (Å²) in [6, 6.07) is 7.77. The van der Waals surface area contributed by atoms with Gasteiger partial charge in [-0.25, -0.2) is 0 Å². The van der Waals surface area contributed by atoms with Gasteiger partial charge in [-0.15, -0.1) is 0 Å². The van der Waals surface area contributed by atoms with Crippen molar-refractivity contribution < 1.29 is 4.43 Å². The normalized spacial score (nSPS) is 12.9. The molecule has 2 heterocycles. The molecule has 28 heavy (non-hydrogen) atoms. The zero-order valence-corrected chi connectivity index (χ0v) is 19.1. The van der Waals surface area contributed by atoms with E-state index in [1.807, 2.05) is 41.8 Å². The zero-order valence-electron chi connectivity index (χ0n) is 18.1. The number of fused-ring (bicyclic) bond motifs is 1. The van der Waals surface area contributed by atoms with Gasteiger partial charge in [0.25, 0.3) is 0 Å². The van der Waals surface area contributed by atoms with Crippen LogP contribution in [0.15, 0.2) is 35.6 Å². The molecule has 0 spiro atoms. The van der Waals surface area contributed by atoms with Crippen LogP contribution in [-0.2, 0) is 4.43 Å². The Labute approximate surface area is 169 Å². The first kappa shape index (κ1) is 22.1. The summed E-state index contributed by atoms with van der Waals surface area (Å²) in [6.07, 6.45) is 1.99. The summed E-state index contributed by atoms with van der Waals surface area (Å²) in [7, 11) is -1.93. The monoisotopic (exact) mass is 396 g/mol. The first-order valence-corrected chi connectivity index (χ1v) is 12.2. The quantitative estimate of drug-likeness (QED) is 0.166. The average molecular weight is 397 g/mol. The molecule has 0 aliphatic carbocycles. The van der Waals surface area contributed by atoms with Gasteiger partial charge in [-0.05, 0) is 51.8 Å². The largest absolute Gasteiger partial charge is 0.405 e. The van der Waals surface area contributed by atoms with E-state index in [9.17, 15) is 0 Å². The summed E-state index contributed by atoms with van der Waals surface area (Å²) in [4.78, 5) is 2.96. The third-order valence-electron chi connectivity index (χ3n) is 5.69. The molecule has 0 radical (unpaired) electrons. The van der Waals surface area contributed by atoms with E-state index < -0.39 is 8.32 Å². The van der Waals surface area contributed by atoms with Crippen molar-refractivity contribution in [2.24, 2.45) is 5.11 Å². The lowest BCUT2D eigenvalue weighted by Crippen LogP contribution is -2.47. The summed E-state index contributed by atoms with van der Waals surface area (Å²) in [6.45, 7) is 16.0. The van der Waals surface area contributed by atoms with Gasteiger partial charge in [0.05, 0.1) is 12.6 Å². The predicted octanol–water partition coefficient (Wildman–Crippen LogP) is 6.85. The van der Waals surface area contributed by atoms with Gasteiger partial charge >= 0.3 is 0 Å². The van der Waals surface area contributed by atoms with E-state index in [1.165, 1.54) is 0 Å². The molecule has 0 aliphatic rings. The maximum atomic E-state index is 8.82. The van der Waals surface area contributed by atoms with E-state index in [4.69, 9.17) is 9.96 Å². The van der Waals surface area contributed by atoms with Crippen molar-refractivity contribution in [3.05, 3.63) is 52.2 Å². The summed E-state index contributed by atoms with van der Waals surface area (Å²) in [5, 5.41) is 3.86. The highest BCUT2D eigenvalue weighted by Crippen LogP contribution is 2.42. The third-order valence-corrected chi connectivity index (χ3v) is 11.8. The standard InChI is InChI=1S/C22H32N4OSi/c1-16(2)28(17(3)4,18(5)6)27-14-10-12-22-21(19(7)24-25-23)15-20-11-8-9-13-26(20)22/h8-9,11,13,15-19H,14H2,1-7H3.